The van der Waals surface area contributed by atoms with Gasteiger partial charge in [-0.05, 0) is 50.3 Å². The van der Waals surface area contributed by atoms with Crippen LogP contribution in [0.3, 0.4) is 0 Å². The zero-order valence-corrected chi connectivity index (χ0v) is 27.6. The van der Waals surface area contributed by atoms with Crippen LogP contribution in [0.1, 0.15) is 64.0 Å². The first-order valence-electron chi connectivity index (χ1n) is 13.9. The second-order valence-electron chi connectivity index (χ2n) is 13.5. The summed E-state index contributed by atoms with van der Waals surface area (Å²) < 4.78 is 37.6. The van der Waals surface area contributed by atoms with Crippen molar-refractivity contribution in [3.8, 4) is 11.7 Å². The predicted molar refractivity (Wildman–Crippen MR) is 162 cm³/mol. The molecule has 41 heavy (non-hydrogen) atoms. The van der Waals surface area contributed by atoms with Gasteiger partial charge in [0.1, 0.15) is 10.7 Å². The van der Waals surface area contributed by atoms with Crippen molar-refractivity contribution in [3.63, 3.8) is 0 Å². The minimum Gasteiger partial charge on any atom is -0.480 e. The molecule has 1 aliphatic rings. The lowest BCUT2D eigenvalue weighted by molar-refractivity contribution is 0.0981. The normalized spacial score (nSPS) is 17.6. The minimum atomic E-state index is -4.15. The van der Waals surface area contributed by atoms with Crippen molar-refractivity contribution in [1.29, 1.82) is 0 Å². The van der Waals surface area contributed by atoms with Crippen LogP contribution in [-0.4, -0.2) is 65.3 Å². The van der Waals surface area contributed by atoms with Gasteiger partial charge in [-0.15, -0.1) is 5.10 Å². The Bertz CT molecular complexity index is 1550. The molecule has 0 spiro atoms. The summed E-state index contributed by atoms with van der Waals surface area (Å²) in [6.45, 7) is 20.0. The van der Waals surface area contributed by atoms with E-state index in [0.717, 1.165) is 6.42 Å². The maximum absolute atomic E-state index is 13.5. The molecular formula is C28H43N7O4SSi. The number of ether oxygens (including phenoxy) is 1. The number of aromatic nitrogens is 5. The van der Waals surface area contributed by atoms with E-state index in [1.807, 2.05) is 0 Å². The molecule has 1 amide bonds. The number of pyridine rings is 1. The van der Waals surface area contributed by atoms with E-state index in [1.165, 1.54) is 10.9 Å². The molecule has 0 unspecified atom stereocenters. The molecule has 0 bridgehead atoms. The number of rotatable bonds is 8. The number of hydrogen-bond acceptors (Lipinski definition) is 8. The molecule has 3 aromatic rings. The lowest BCUT2D eigenvalue weighted by Crippen LogP contribution is -2.43. The summed E-state index contributed by atoms with van der Waals surface area (Å²) in [5.74, 6) is 1.03. The lowest BCUT2D eigenvalue weighted by atomic mass is 9.97. The molecule has 4 rings (SSSR count). The van der Waals surface area contributed by atoms with Crippen LogP contribution in [0.15, 0.2) is 35.5 Å². The number of aryl methyl sites for hydroxylation is 2. The molecule has 11 nitrogen and oxygen atoms in total. The Hall–Kier alpha value is -3.19. The summed E-state index contributed by atoms with van der Waals surface area (Å²) in [5, 5.41) is 8.88. The quantitative estimate of drug-likeness (QED) is 0.375. The van der Waals surface area contributed by atoms with Gasteiger partial charge < -0.3 is 9.64 Å². The Labute approximate surface area is 244 Å². The number of nitrogens with one attached hydrogen (secondary N) is 1. The first-order chi connectivity index (χ1) is 18.8. The number of anilines is 1. The third-order valence-electron chi connectivity index (χ3n) is 8.33. The fourth-order valence-electron chi connectivity index (χ4n) is 4.96. The summed E-state index contributed by atoms with van der Waals surface area (Å²) >= 11 is 0. The summed E-state index contributed by atoms with van der Waals surface area (Å²) in [5.41, 5.74) is 0.185. The van der Waals surface area contributed by atoms with Crippen LogP contribution in [0.2, 0.25) is 18.1 Å². The van der Waals surface area contributed by atoms with Crippen LogP contribution in [0.5, 0.6) is 5.88 Å². The highest BCUT2D eigenvalue weighted by atomic mass is 32.2. The van der Waals surface area contributed by atoms with Gasteiger partial charge in [-0.25, -0.2) is 22.8 Å². The molecular weight excluding hydrogens is 559 g/mol. The number of nitrogens with zero attached hydrogens (tertiary/aromatic N) is 6. The summed E-state index contributed by atoms with van der Waals surface area (Å²) in [6.07, 6.45) is 4.69. The number of carbonyl (C=O) groups excluding carboxylic acids is 1. The van der Waals surface area contributed by atoms with Gasteiger partial charge in [-0.2, -0.15) is 5.10 Å². The number of hydrogen-bond donors (Lipinski definition) is 1. The highest BCUT2D eigenvalue weighted by Crippen LogP contribution is 2.38. The molecule has 4 heterocycles. The van der Waals surface area contributed by atoms with Crippen LogP contribution in [-0.2, 0) is 17.1 Å². The minimum absolute atomic E-state index is 0.0450. The molecule has 224 valence electrons. The van der Waals surface area contributed by atoms with Gasteiger partial charge in [0.15, 0.2) is 5.82 Å². The van der Waals surface area contributed by atoms with Gasteiger partial charge in [0.2, 0.25) is 5.88 Å². The van der Waals surface area contributed by atoms with Crippen LogP contribution >= 0.6 is 0 Å². The summed E-state index contributed by atoms with van der Waals surface area (Å²) in [4.78, 5) is 20.4. The van der Waals surface area contributed by atoms with Crippen molar-refractivity contribution in [2.75, 3.05) is 17.7 Å². The van der Waals surface area contributed by atoms with E-state index in [4.69, 9.17) is 9.72 Å². The van der Waals surface area contributed by atoms with E-state index < -0.39 is 24.0 Å². The van der Waals surface area contributed by atoms with Gasteiger partial charge in [0, 0.05) is 37.6 Å². The molecule has 3 aromatic heterocycles. The largest absolute Gasteiger partial charge is 0.480 e. The smallest absolute Gasteiger partial charge is 0.268 e. The van der Waals surface area contributed by atoms with E-state index in [9.17, 15) is 13.2 Å². The van der Waals surface area contributed by atoms with Gasteiger partial charge in [-0.1, -0.05) is 40.8 Å². The standard InChI is InChI=1S/C28H43N7O4SSi/c1-19-15-28(6,7)34(16-19)25-21(26(36)32-40(37,38)22-17-33(8)30-20(22)2)11-12-23(29-25)35-14-13-24(31-35)39-18-41(9,10)27(3,4)5/h11-14,17,19H,15-16,18H2,1-10H3,(H,32,36)/t19-/m0/s1. The van der Waals surface area contributed by atoms with E-state index in [0.29, 0.717) is 41.9 Å². The average Bonchev–Trinajstić information content (AvgIpc) is 3.52. The van der Waals surface area contributed by atoms with E-state index in [-0.39, 0.29) is 21.0 Å². The van der Waals surface area contributed by atoms with Crippen molar-refractivity contribution in [2.45, 2.75) is 83.5 Å². The number of carbonyl (C=O) groups is 1. The average molecular weight is 602 g/mol. The number of sulfonamides is 1. The number of amides is 1. The molecule has 1 fully saturated rings. The lowest BCUT2D eigenvalue weighted by Gasteiger charge is -2.35. The second kappa shape index (κ2) is 10.6. The fourth-order valence-corrected chi connectivity index (χ4v) is 7.09. The summed E-state index contributed by atoms with van der Waals surface area (Å²) in [6, 6.07) is 5.08. The Morgan fingerprint density at radius 1 is 1.20 bits per heavy atom. The van der Waals surface area contributed by atoms with Crippen LogP contribution in [0.4, 0.5) is 5.82 Å². The first kappa shape index (κ1) is 30.8. The molecule has 0 saturated carbocycles. The Morgan fingerprint density at radius 2 is 1.88 bits per heavy atom. The molecule has 1 saturated heterocycles. The maximum Gasteiger partial charge on any atom is 0.268 e. The van der Waals surface area contributed by atoms with Gasteiger partial charge in [0.25, 0.3) is 15.9 Å². The fraction of sp³-hybridized carbons (Fsp3) is 0.571. The third-order valence-corrected chi connectivity index (χ3v) is 14.7. The van der Waals surface area contributed by atoms with Crippen LogP contribution in [0, 0.1) is 12.8 Å². The zero-order chi connectivity index (χ0) is 30.5. The van der Waals surface area contributed by atoms with Crippen LogP contribution < -0.4 is 14.4 Å². The molecule has 1 atom stereocenters. The van der Waals surface area contributed by atoms with E-state index >= 15 is 0 Å². The van der Waals surface area contributed by atoms with Crippen molar-refractivity contribution in [2.24, 2.45) is 13.0 Å². The molecule has 13 heteroatoms. The second-order valence-corrected chi connectivity index (χ2v) is 20.7. The van der Waals surface area contributed by atoms with Gasteiger partial charge >= 0.3 is 0 Å². The van der Waals surface area contributed by atoms with E-state index in [1.54, 1.807) is 43.0 Å². The van der Waals surface area contributed by atoms with Crippen LogP contribution in [0.25, 0.3) is 5.82 Å². The highest BCUT2D eigenvalue weighted by molar-refractivity contribution is 7.90. The van der Waals surface area contributed by atoms with Crippen molar-refractivity contribution >= 4 is 29.8 Å². The van der Waals surface area contributed by atoms with Gasteiger partial charge in [0.05, 0.1) is 25.6 Å². The third kappa shape index (κ3) is 6.35. The first-order valence-corrected chi connectivity index (χ1v) is 18.5. The van der Waals surface area contributed by atoms with Gasteiger partial charge in [-0.3, -0.25) is 9.48 Å². The highest BCUT2D eigenvalue weighted by Gasteiger charge is 2.40. The van der Waals surface area contributed by atoms with Crippen molar-refractivity contribution in [3.05, 3.63) is 41.9 Å². The van der Waals surface area contributed by atoms with Crippen molar-refractivity contribution in [1.82, 2.24) is 29.3 Å². The molecule has 1 aliphatic heterocycles. The topological polar surface area (TPSA) is 124 Å². The Morgan fingerprint density at radius 3 is 2.44 bits per heavy atom. The molecule has 0 radical (unpaired) electrons. The Balaban J connectivity index is 1.68. The maximum atomic E-state index is 13.5. The van der Waals surface area contributed by atoms with E-state index in [2.05, 4.69) is 74.5 Å². The molecule has 0 aliphatic carbocycles. The zero-order valence-electron chi connectivity index (χ0n) is 25.8. The summed E-state index contributed by atoms with van der Waals surface area (Å²) in [7, 11) is -4.18. The SMILES string of the molecule is Cc1nn(C)cc1S(=O)(=O)NC(=O)c1ccc(-n2ccc(OC[Si](C)(C)C(C)(C)C)n2)nc1N1C[C@@H](C)CC1(C)C. The molecule has 0 aromatic carbocycles. The van der Waals surface area contributed by atoms with Crippen molar-refractivity contribution < 1.29 is 17.9 Å². The predicted octanol–water partition coefficient (Wildman–Crippen LogP) is 4.48. The monoisotopic (exact) mass is 601 g/mol. The molecule has 1 N–H and O–H groups in total. The Kier molecular flexibility index (Phi) is 7.93.